The number of nitro groups is 1. The number of nitrogens with zero attached hydrogens (tertiary/aromatic N) is 3. The highest BCUT2D eigenvalue weighted by Gasteiger charge is 2.24. The fourth-order valence-electron chi connectivity index (χ4n) is 1.20. The normalized spacial score (nSPS) is 15.8. The van der Waals surface area contributed by atoms with E-state index in [1.165, 1.54) is 6.20 Å². The number of rotatable bonds is 2. The Morgan fingerprint density at radius 3 is 2.92 bits per heavy atom. The number of hydrogen-bond acceptors (Lipinski definition) is 4. The maximum Gasteiger partial charge on any atom is 0.366 e. The van der Waals surface area contributed by atoms with E-state index in [1.54, 1.807) is 0 Å². The molecule has 0 amide bonds. The van der Waals surface area contributed by atoms with Crippen LogP contribution in [0.25, 0.3) is 0 Å². The van der Waals surface area contributed by atoms with Gasteiger partial charge in [0, 0.05) is 13.1 Å². The van der Waals surface area contributed by atoms with Crippen LogP contribution in [-0.4, -0.2) is 28.2 Å². The average molecular weight is 168 g/mol. The van der Waals surface area contributed by atoms with E-state index in [0.29, 0.717) is 5.69 Å². The molecule has 1 aromatic heterocycles. The minimum absolute atomic E-state index is 0.00491. The van der Waals surface area contributed by atoms with Crippen molar-refractivity contribution in [3.8, 4) is 0 Å². The van der Waals surface area contributed by atoms with Crippen LogP contribution in [0.4, 0.5) is 11.5 Å². The summed E-state index contributed by atoms with van der Waals surface area (Å²) in [5, 5.41) is 16.4. The minimum Gasteiger partial charge on any atom is -0.363 e. The molecule has 2 rings (SSSR count). The van der Waals surface area contributed by atoms with Crippen molar-refractivity contribution in [3.05, 3.63) is 16.3 Å². The topological polar surface area (TPSA) is 75.1 Å². The predicted molar refractivity (Wildman–Crippen MR) is 42.1 cm³/mol. The summed E-state index contributed by atoms with van der Waals surface area (Å²) in [6.45, 7) is 1.78. The van der Waals surface area contributed by atoms with E-state index in [1.807, 2.05) is 4.90 Å². The van der Waals surface area contributed by atoms with Crippen LogP contribution in [0.5, 0.6) is 0 Å². The highest BCUT2D eigenvalue weighted by molar-refractivity contribution is 5.59. The van der Waals surface area contributed by atoms with E-state index in [0.717, 1.165) is 19.5 Å². The van der Waals surface area contributed by atoms with Crippen molar-refractivity contribution in [2.75, 3.05) is 18.0 Å². The third-order valence-corrected chi connectivity index (χ3v) is 1.98. The molecular formula is C6H8N4O2. The molecule has 2 heterocycles. The number of nitrogens with one attached hydrogen (secondary N) is 1. The molecule has 1 aliphatic rings. The zero-order valence-electron chi connectivity index (χ0n) is 6.36. The van der Waals surface area contributed by atoms with Gasteiger partial charge in [-0.15, -0.1) is 5.10 Å². The molecule has 1 saturated heterocycles. The molecule has 1 aliphatic heterocycles. The van der Waals surface area contributed by atoms with Crippen LogP contribution in [0.1, 0.15) is 6.42 Å². The summed E-state index contributed by atoms with van der Waals surface area (Å²) >= 11 is 0. The van der Waals surface area contributed by atoms with Crippen molar-refractivity contribution in [1.82, 2.24) is 10.2 Å². The Balaban J connectivity index is 2.29. The highest BCUT2D eigenvalue weighted by atomic mass is 16.6. The highest BCUT2D eigenvalue weighted by Crippen LogP contribution is 2.28. The minimum atomic E-state index is -0.444. The lowest BCUT2D eigenvalue weighted by Gasteiger charge is -2.30. The molecule has 0 aliphatic carbocycles. The molecule has 0 unspecified atom stereocenters. The zero-order valence-corrected chi connectivity index (χ0v) is 6.36. The van der Waals surface area contributed by atoms with E-state index in [9.17, 15) is 10.1 Å². The Hall–Kier alpha value is -1.59. The summed E-state index contributed by atoms with van der Waals surface area (Å²) in [6.07, 6.45) is 2.60. The van der Waals surface area contributed by atoms with Crippen molar-refractivity contribution in [2.45, 2.75) is 6.42 Å². The van der Waals surface area contributed by atoms with E-state index >= 15 is 0 Å². The molecule has 0 bridgehead atoms. The summed E-state index contributed by atoms with van der Waals surface area (Å²) in [5.74, 6) is -0.00491. The Morgan fingerprint density at radius 2 is 2.42 bits per heavy atom. The third-order valence-electron chi connectivity index (χ3n) is 1.98. The van der Waals surface area contributed by atoms with Gasteiger partial charge in [0.1, 0.15) is 6.20 Å². The Labute approximate surface area is 68.3 Å². The molecule has 1 aromatic rings. The first kappa shape index (κ1) is 7.08. The smallest absolute Gasteiger partial charge is 0.363 e. The second-order valence-corrected chi connectivity index (χ2v) is 2.70. The van der Waals surface area contributed by atoms with Gasteiger partial charge in [-0.25, -0.2) is 0 Å². The summed E-state index contributed by atoms with van der Waals surface area (Å²) in [4.78, 5) is 11.9. The molecule has 0 spiro atoms. The van der Waals surface area contributed by atoms with Gasteiger partial charge in [0.05, 0.1) is 0 Å². The van der Waals surface area contributed by atoms with Gasteiger partial charge in [0.25, 0.3) is 0 Å². The lowest BCUT2D eigenvalue weighted by Crippen LogP contribution is -2.37. The Kier molecular flexibility index (Phi) is 1.46. The molecule has 0 radical (unpaired) electrons. The van der Waals surface area contributed by atoms with Gasteiger partial charge in [-0.1, -0.05) is 5.10 Å². The summed E-state index contributed by atoms with van der Waals surface area (Å²) in [5.41, 5.74) is 0.603. The largest absolute Gasteiger partial charge is 0.366 e. The number of H-pyrrole nitrogens is 1. The molecule has 0 aromatic carbocycles. The maximum atomic E-state index is 10.4. The van der Waals surface area contributed by atoms with Crippen molar-refractivity contribution in [2.24, 2.45) is 0 Å². The molecule has 64 valence electrons. The maximum absolute atomic E-state index is 10.4. The number of hydrogen-bond donors (Lipinski definition) is 1. The van der Waals surface area contributed by atoms with Crippen LogP contribution < -0.4 is 4.90 Å². The molecule has 1 N–H and O–H groups in total. The quantitative estimate of drug-likeness (QED) is 0.516. The van der Waals surface area contributed by atoms with Crippen LogP contribution in [0.3, 0.4) is 0 Å². The lowest BCUT2D eigenvalue weighted by molar-refractivity contribution is -0.388. The van der Waals surface area contributed by atoms with Crippen molar-refractivity contribution in [3.63, 3.8) is 0 Å². The van der Waals surface area contributed by atoms with Gasteiger partial charge in [-0.05, 0) is 11.3 Å². The van der Waals surface area contributed by atoms with Gasteiger partial charge in [-0.2, -0.15) is 0 Å². The van der Waals surface area contributed by atoms with Gasteiger partial charge in [0.15, 0.2) is 5.69 Å². The first-order valence-electron chi connectivity index (χ1n) is 3.72. The SMILES string of the molecule is O=[N+]([O-])c1[nH]ncc1N1CCC1. The average Bonchev–Trinajstić information content (AvgIpc) is 2.31. The van der Waals surface area contributed by atoms with Crippen LogP contribution in [0.2, 0.25) is 0 Å². The first-order valence-corrected chi connectivity index (χ1v) is 3.72. The van der Waals surface area contributed by atoms with Crippen LogP contribution >= 0.6 is 0 Å². The summed E-state index contributed by atoms with van der Waals surface area (Å²) in [6, 6.07) is 0. The fraction of sp³-hybridized carbons (Fsp3) is 0.500. The van der Waals surface area contributed by atoms with Crippen LogP contribution in [0, 0.1) is 10.1 Å². The monoisotopic (exact) mass is 168 g/mol. The van der Waals surface area contributed by atoms with Crippen molar-refractivity contribution in [1.29, 1.82) is 0 Å². The molecule has 0 saturated carbocycles. The van der Waals surface area contributed by atoms with Gasteiger partial charge >= 0.3 is 5.82 Å². The van der Waals surface area contributed by atoms with E-state index in [2.05, 4.69) is 10.2 Å². The molecular weight excluding hydrogens is 160 g/mol. The van der Waals surface area contributed by atoms with Gasteiger partial charge in [-0.3, -0.25) is 0 Å². The first-order chi connectivity index (χ1) is 5.79. The van der Waals surface area contributed by atoms with Gasteiger partial charge < -0.3 is 15.0 Å². The van der Waals surface area contributed by atoms with E-state index < -0.39 is 4.92 Å². The predicted octanol–water partition coefficient (Wildman–Crippen LogP) is 0.528. The van der Waals surface area contributed by atoms with Crippen molar-refractivity contribution >= 4 is 11.5 Å². The Bertz CT molecular complexity index is 304. The Morgan fingerprint density at radius 1 is 1.67 bits per heavy atom. The second kappa shape index (κ2) is 2.47. The van der Waals surface area contributed by atoms with E-state index in [4.69, 9.17) is 0 Å². The molecule has 6 nitrogen and oxygen atoms in total. The van der Waals surface area contributed by atoms with Crippen LogP contribution in [-0.2, 0) is 0 Å². The summed E-state index contributed by atoms with van der Waals surface area (Å²) in [7, 11) is 0. The fourth-order valence-corrected chi connectivity index (χ4v) is 1.20. The van der Waals surface area contributed by atoms with E-state index in [-0.39, 0.29) is 5.82 Å². The molecule has 12 heavy (non-hydrogen) atoms. The second-order valence-electron chi connectivity index (χ2n) is 2.70. The molecule has 6 heteroatoms. The number of aromatic amines is 1. The van der Waals surface area contributed by atoms with Crippen molar-refractivity contribution < 1.29 is 4.92 Å². The standard InChI is InChI=1S/C6H8N4O2/c11-10(12)6-5(4-7-8-6)9-2-1-3-9/h4H,1-3H2,(H,7,8). The van der Waals surface area contributed by atoms with Crippen LogP contribution in [0.15, 0.2) is 6.20 Å². The zero-order chi connectivity index (χ0) is 8.55. The number of aromatic nitrogens is 2. The third kappa shape index (κ3) is 0.919. The van der Waals surface area contributed by atoms with Gasteiger partial charge in [0.2, 0.25) is 0 Å². The molecule has 0 atom stereocenters. The number of anilines is 1. The molecule has 1 fully saturated rings. The lowest BCUT2D eigenvalue weighted by atomic mass is 10.2. The summed E-state index contributed by atoms with van der Waals surface area (Å²) < 4.78 is 0.